The van der Waals surface area contributed by atoms with E-state index in [0.29, 0.717) is 12.8 Å². The van der Waals surface area contributed by atoms with Crippen LogP contribution in [0.5, 0.6) is 0 Å². The zero-order valence-electron chi connectivity index (χ0n) is 11.7. The van der Waals surface area contributed by atoms with E-state index < -0.39 is 5.54 Å². The number of carbonyl (C=O) groups is 2. The van der Waals surface area contributed by atoms with Gasteiger partial charge in [-0.15, -0.1) is 12.4 Å². The molecule has 1 saturated carbocycles. The van der Waals surface area contributed by atoms with E-state index >= 15 is 0 Å². The van der Waals surface area contributed by atoms with Crippen LogP contribution in [0.3, 0.4) is 0 Å². The summed E-state index contributed by atoms with van der Waals surface area (Å²) in [5.41, 5.74) is 4.64. The Hall–Kier alpha value is -0.810. The number of methoxy groups -OCH3 is 1. The van der Waals surface area contributed by atoms with Crippen LogP contribution in [0.2, 0.25) is 0 Å². The van der Waals surface area contributed by atoms with E-state index in [1.807, 2.05) is 0 Å². The van der Waals surface area contributed by atoms with Crippen LogP contribution >= 0.6 is 12.4 Å². The minimum Gasteiger partial charge on any atom is -0.467 e. The van der Waals surface area contributed by atoms with Crippen LogP contribution in [-0.2, 0) is 14.3 Å². The molecule has 1 unspecified atom stereocenters. The highest BCUT2D eigenvalue weighted by Crippen LogP contribution is 2.28. The van der Waals surface area contributed by atoms with Crippen molar-refractivity contribution in [1.82, 2.24) is 5.32 Å². The van der Waals surface area contributed by atoms with Crippen LogP contribution in [0, 0.1) is 5.92 Å². The molecule has 1 amide bonds. The molecule has 0 aliphatic heterocycles. The van der Waals surface area contributed by atoms with Crippen molar-refractivity contribution in [3.05, 3.63) is 0 Å². The molecule has 19 heavy (non-hydrogen) atoms. The summed E-state index contributed by atoms with van der Waals surface area (Å²) in [6.07, 6.45) is 5.38. The molecule has 1 aliphatic rings. The largest absolute Gasteiger partial charge is 0.467 e. The highest BCUT2D eigenvalue weighted by atomic mass is 35.5. The third-order valence-corrected chi connectivity index (χ3v) is 3.70. The van der Waals surface area contributed by atoms with Gasteiger partial charge in [0.05, 0.1) is 7.11 Å². The van der Waals surface area contributed by atoms with Crippen molar-refractivity contribution in [3.63, 3.8) is 0 Å². The predicted molar refractivity (Wildman–Crippen MR) is 76.1 cm³/mol. The van der Waals surface area contributed by atoms with E-state index in [1.54, 1.807) is 6.92 Å². The second-order valence-electron chi connectivity index (χ2n) is 5.11. The molecular weight excluding hydrogens is 268 g/mol. The molecular formula is C13H25ClN2O3. The van der Waals surface area contributed by atoms with Crippen LogP contribution in [0.25, 0.3) is 0 Å². The number of hydrogen-bond donors (Lipinski definition) is 2. The molecule has 112 valence electrons. The van der Waals surface area contributed by atoms with Gasteiger partial charge in [-0.1, -0.05) is 32.6 Å². The van der Waals surface area contributed by atoms with Gasteiger partial charge in [-0.3, -0.25) is 4.79 Å². The van der Waals surface area contributed by atoms with Gasteiger partial charge in [0.1, 0.15) is 5.54 Å². The number of esters is 1. The Labute approximate surface area is 121 Å². The number of nitrogens with one attached hydrogen (secondary N) is 1. The third kappa shape index (κ3) is 4.66. The molecule has 5 nitrogen and oxygen atoms in total. The van der Waals surface area contributed by atoms with Crippen molar-refractivity contribution in [2.24, 2.45) is 11.7 Å². The predicted octanol–water partition coefficient (Wildman–Crippen LogP) is 1.39. The molecule has 0 spiro atoms. The molecule has 0 radical (unpaired) electrons. The van der Waals surface area contributed by atoms with Crippen LogP contribution in [-0.4, -0.2) is 31.1 Å². The molecule has 1 aliphatic carbocycles. The maximum absolute atomic E-state index is 12.0. The molecule has 1 fully saturated rings. The van der Waals surface area contributed by atoms with Crippen molar-refractivity contribution >= 4 is 24.3 Å². The Bertz CT molecular complexity index is 302. The van der Waals surface area contributed by atoms with Crippen LogP contribution < -0.4 is 11.1 Å². The number of nitrogens with two attached hydrogens (primary N) is 1. The van der Waals surface area contributed by atoms with Gasteiger partial charge in [0.15, 0.2) is 0 Å². The summed E-state index contributed by atoms with van der Waals surface area (Å²) in [5, 5.41) is 2.88. The summed E-state index contributed by atoms with van der Waals surface area (Å²) >= 11 is 0. The lowest BCUT2D eigenvalue weighted by molar-refractivity contribution is -0.152. The van der Waals surface area contributed by atoms with E-state index in [2.05, 4.69) is 5.32 Å². The van der Waals surface area contributed by atoms with E-state index in [9.17, 15) is 9.59 Å². The summed E-state index contributed by atoms with van der Waals surface area (Å²) in [5.74, 6) is -0.776. The van der Waals surface area contributed by atoms with E-state index in [1.165, 1.54) is 7.11 Å². The second kappa shape index (κ2) is 8.38. The fourth-order valence-electron chi connectivity index (χ4n) is 2.37. The van der Waals surface area contributed by atoms with Crippen molar-refractivity contribution in [2.45, 2.75) is 51.0 Å². The Morgan fingerprint density at radius 2 is 1.79 bits per heavy atom. The minimum absolute atomic E-state index is 0. The molecule has 0 aromatic carbocycles. The van der Waals surface area contributed by atoms with Crippen molar-refractivity contribution in [3.8, 4) is 0 Å². The maximum Gasteiger partial charge on any atom is 0.331 e. The van der Waals surface area contributed by atoms with Gasteiger partial charge < -0.3 is 15.8 Å². The van der Waals surface area contributed by atoms with Crippen LogP contribution in [0.15, 0.2) is 0 Å². The first kappa shape index (κ1) is 18.2. The van der Waals surface area contributed by atoms with Gasteiger partial charge in [0, 0.05) is 12.5 Å². The number of amides is 1. The SMILES string of the molecule is COC(=O)C1(NC(=O)C(C)CN)CCCCCC1.Cl. The Kier molecular flexibility index (Phi) is 8.02. The smallest absolute Gasteiger partial charge is 0.331 e. The highest BCUT2D eigenvalue weighted by Gasteiger charge is 2.41. The van der Waals surface area contributed by atoms with Gasteiger partial charge in [-0.25, -0.2) is 4.79 Å². The zero-order valence-corrected chi connectivity index (χ0v) is 12.6. The lowest BCUT2D eigenvalue weighted by atomic mass is 9.89. The summed E-state index contributed by atoms with van der Waals surface area (Å²) in [6.45, 7) is 2.04. The average Bonchev–Trinajstić information content (AvgIpc) is 2.63. The molecule has 0 aromatic rings. The average molecular weight is 293 g/mol. The quantitative estimate of drug-likeness (QED) is 0.606. The van der Waals surface area contributed by atoms with E-state index in [-0.39, 0.29) is 36.7 Å². The number of hydrogen-bond acceptors (Lipinski definition) is 4. The molecule has 1 rings (SSSR count). The van der Waals surface area contributed by atoms with Gasteiger partial charge in [-0.05, 0) is 12.8 Å². The summed E-state index contributed by atoms with van der Waals surface area (Å²) in [6, 6.07) is 0. The second-order valence-corrected chi connectivity index (χ2v) is 5.11. The first-order valence-electron chi connectivity index (χ1n) is 6.66. The lowest BCUT2D eigenvalue weighted by Gasteiger charge is -2.31. The van der Waals surface area contributed by atoms with Crippen molar-refractivity contribution < 1.29 is 14.3 Å². The first-order chi connectivity index (χ1) is 8.55. The molecule has 0 heterocycles. The third-order valence-electron chi connectivity index (χ3n) is 3.70. The van der Waals surface area contributed by atoms with Gasteiger partial charge in [-0.2, -0.15) is 0 Å². The first-order valence-corrected chi connectivity index (χ1v) is 6.66. The van der Waals surface area contributed by atoms with Gasteiger partial charge in [0.25, 0.3) is 0 Å². The summed E-state index contributed by atoms with van der Waals surface area (Å²) in [7, 11) is 1.37. The monoisotopic (exact) mass is 292 g/mol. The molecule has 6 heteroatoms. The zero-order chi connectivity index (χ0) is 13.6. The number of carbonyl (C=O) groups excluding carboxylic acids is 2. The highest BCUT2D eigenvalue weighted by molar-refractivity contribution is 5.89. The Morgan fingerprint density at radius 3 is 2.21 bits per heavy atom. The molecule has 0 aromatic heterocycles. The molecule has 0 bridgehead atoms. The van der Waals surface area contributed by atoms with Crippen LogP contribution in [0.4, 0.5) is 0 Å². The fourth-order valence-corrected chi connectivity index (χ4v) is 2.37. The van der Waals surface area contributed by atoms with E-state index in [4.69, 9.17) is 10.5 Å². The number of halogens is 1. The maximum atomic E-state index is 12.0. The molecule has 0 saturated heterocycles. The van der Waals surface area contributed by atoms with Crippen molar-refractivity contribution in [2.75, 3.05) is 13.7 Å². The van der Waals surface area contributed by atoms with Gasteiger partial charge in [0.2, 0.25) is 5.91 Å². The normalized spacial score (nSPS) is 19.5. The fraction of sp³-hybridized carbons (Fsp3) is 0.846. The topological polar surface area (TPSA) is 81.4 Å². The van der Waals surface area contributed by atoms with Crippen LogP contribution in [0.1, 0.15) is 45.4 Å². The molecule has 1 atom stereocenters. The van der Waals surface area contributed by atoms with E-state index in [0.717, 1.165) is 25.7 Å². The van der Waals surface area contributed by atoms with Gasteiger partial charge >= 0.3 is 5.97 Å². The number of rotatable bonds is 4. The summed E-state index contributed by atoms with van der Waals surface area (Å²) in [4.78, 5) is 24.0. The Morgan fingerprint density at radius 1 is 1.26 bits per heavy atom. The number of ether oxygens (including phenoxy) is 1. The standard InChI is InChI=1S/C13H24N2O3.ClH/c1-10(9-14)11(16)15-13(12(17)18-2)7-5-3-4-6-8-13;/h10H,3-9,14H2,1-2H3,(H,15,16);1H. The Balaban J connectivity index is 0.00000324. The minimum atomic E-state index is -0.842. The summed E-state index contributed by atoms with van der Waals surface area (Å²) < 4.78 is 4.88. The van der Waals surface area contributed by atoms with Crippen molar-refractivity contribution in [1.29, 1.82) is 0 Å². The lowest BCUT2D eigenvalue weighted by Crippen LogP contribution is -2.56. The molecule has 3 N–H and O–H groups in total.